The van der Waals surface area contributed by atoms with Crippen LogP contribution in [0.5, 0.6) is 0 Å². The summed E-state index contributed by atoms with van der Waals surface area (Å²) >= 11 is 12.2. The molecule has 2 atom stereocenters. The van der Waals surface area contributed by atoms with E-state index < -0.39 is 17.6 Å². The van der Waals surface area contributed by atoms with Crippen LogP contribution in [0.1, 0.15) is 43.4 Å². The molecule has 0 radical (unpaired) electrons. The van der Waals surface area contributed by atoms with Gasteiger partial charge in [0.15, 0.2) is 11.4 Å². The second-order valence-electron chi connectivity index (χ2n) is 6.19. The Bertz CT molecular complexity index is 917. The lowest BCUT2D eigenvalue weighted by Crippen LogP contribution is -2.36. The first kappa shape index (κ1) is 18.7. The highest BCUT2D eigenvalue weighted by atomic mass is 35.5. The Kier molecular flexibility index (Phi) is 4.72. The number of benzene rings is 1. The Morgan fingerprint density at radius 2 is 2.04 bits per heavy atom. The monoisotopic (exact) mass is 394 g/mol. The number of nitrogens with zero attached hydrogens (tertiary/aromatic N) is 4. The van der Waals surface area contributed by atoms with E-state index in [9.17, 15) is 14.8 Å². The molecule has 1 aromatic heterocycles. The second-order valence-corrected chi connectivity index (χ2v) is 7.04. The van der Waals surface area contributed by atoms with Crippen molar-refractivity contribution in [1.29, 1.82) is 0 Å². The zero-order valence-corrected chi connectivity index (χ0v) is 15.8. The molecule has 1 aliphatic heterocycles. The van der Waals surface area contributed by atoms with Gasteiger partial charge in [0.2, 0.25) is 0 Å². The van der Waals surface area contributed by atoms with Crippen molar-refractivity contribution >= 4 is 40.6 Å². The number of aromatic nitrogens is 2. The second kappa shape index (κ2) is 6.57. The van der Waals surface area contributed by atoms with Crippen LogP contribution in [-0.2, 0) is 10.4 Å². The van der Waals surface area contributed by atoms with Gasteiger partial charge < -0.3 is 5.11 Å². The first-order valence-electron chi connectivity index (χ1n) is 7.95. The van der Waals surface area contributed by atoms with E-state index in [4.69, 9.17) is 23.2 Å². The van der Waals surface area contributed by atoms with Gasteiger partial charge in [0.25, 0.3) is 5.91 Å². The molecule has 136 valence electrons. The van der Waals surface area contributed by atoms with Crippen molar-refractivity contribution < 1.29 is 9.90 Å². The zero-order chi connectivity index (χ0) is 19.2. The van der Waals surface area contributed by atoms with Crippen LogP contribution in [0.2, 0.25) is 10.0 Å². The molecule has 0 spiro atoms. The van der Waals surface area contributed by atoms with Crippen LogP contribution in [-0.4, -0.2) is 21.0 Å². The number of carbonyl (C=O) groups is 1. The molecule has 0 fully saturated rings. The van der Waals surface area contributed by atoms with E-state index in [0.717, 1.165) is 0 Å². The molecule has 2 aromatic rings. The maximum atomic E-state index is 13.0. The number of nitroso groups, excluding NO2 is 1. The average Bonchev–Trinajstić information content (AvgIpc) is 2.76. The van der Waals surface area contributed by atoms with Crippen molar-refractivity contribution in [3.8, 4) is 0 Å². The van der Waals surface area contributed by atoms with E-state index in [1.807, 2.05) is 0 Å². The minimum Gasteiger partial charge on any atom is -0.375 e. The van der Waals surface area contributed by atoms with Crippen molar-refractivity contribution in [2.75, 3.05) is 4.90 Å². The molecule has 0 bridgehead atoms. The Labute approximate surface area is 159 Å². The quantitative estimate of drug-likeness (QED) is 0.783. The van der Waals surface area contributed by atoms with Gasteiger partial charge in [-0.15, -0.1) is 0 Å². The summed E-state index contributed by atoms with van der Waals surface area (Å²) in [6, 6.07) is 3.85. The topological polar surface area (TPSA) is 95.7 Å². The summed E-state index contributed by atoms with van der Waals surface area (Å²) in [7, 11) is 0. The number of aryl methyl sites for hydroxylation is 1. The number of rotatable bonds is 4. The van der Waals surface area contributed by atoms with Gasteiger partial charge in [-0.2, -0.15) is 4.91 Å². The van der Waals surface area contributed by atoms with Crippen LogP contribution in [0, 0.1) is 11.8 Å². The lowest BCUT2D eigenvalue weighted by molar-refractivity contribution is -0.133. The molecule has 0 saturated heterocycles. The molecular weight excluding hydrogens is 379 g/mol. The summed E-state index contributed by atoms with van der Waals surface area (Å²) in [5.74, 6) is -0.103. The molecule has 26 heavy (non-hydrogen) atoms. The summed E-state index contributed by atoms with van der Waals surface area (Å²) in [5.41, 5.74) is -1.17. The van der Waals surface area contributed by atoms with Gasteiger partial charge >= 0.3 is 0 Å². The van der Waals surface area contributed by atoms with Crippen LogP contribution in [0.4, 0.5) is 11.5 Å². The maximum Gasteiger partial charge on any atom is 0.269 e. The van der Waals surface area contributed by atoms with Crippen molar-refractivity contribution in [1.82, 2.24) is 9.97 Å². The fourth-order valence-corrected chi connectivity index (χ4v) is 3.57. The number of fused-ring (bicyclic) bond motifs is 1. The first-order chi connectivity index (χ1) is 12.2. The molecule has 7 nitrogen and oxygen atoms in total. The van der Waals surface area contributed by atoms with Crippen molar-refractivity contribution in [3.63, 3.8) is 0 Å². The average molecular weight is 395 g/mol. The highest BCUT2D eigenvalue weighted by molar-refractivity contribution is 6.37. The van der Waals surface area contributed by atoms with Crippen LogP contribution < -0.4 is 4.90 Å². The van der Waals surface area contributed by atoms with Gasteiger partial charge in [-0.25, -0.2) is 9.97 Å². The van der Waals surface area contributed by atoms with Gasteiger partial charge in [0.05, 0.1) is 22.0 Å². The Morgan fingerprint density at radius 3 is 2.62 bits per heavy atom. The standard InChI is InChI=1S/C17H16Cl2N4O3/c1-4-11(22-26)14-13-15(21-8(2)20-14)23(16(24)17(13,3)25)12-6-5-9(18)7-10(12)19/h5-7,11,25H,4H2,1-3H3. The summed E-state index contributed by atoms with van der Waals surface area (Å²) in [5, 5.41) is 14.6. The van der Waals surface area contributed by atoms with Crippen LogP contribution in [0.3, 0.4) is 0 Å². The van der Waals surface area contributed by atoms with E-state index in [2.05, 4.69) is 15.1 Å². The number of aliphatic hydroxyl groups is 1. The minimum absolute atomic E-state index is 0.172. The highest BCUT2D eigenvalue weighted by Crippen LogP contribution is 2.48. The van der Waals surface area contributed by atoms with Gasteiger partial charge in [-0.3, -0.25) is 9.69 Å². The predicted octanol–water partition coefficient (Wildman–Crippen LogP) is 4.20. The van der Waals surface area contributed by atoms with Crippen molar-refractivity contribution in [3.05, 3.63) is 50.2 Å². The normalized spacial score (nSPS) is 20.2. The largest absolute Gasteiger partial charge is 0.375 e. The molecule has 0 saturated carbocycles. The van der Waals surface area contributed by atoms with Crippen molar-refractivity contribution in [2.24, 2.45) is 5.18 Å². The fourth-order valence-electron chi connectivity index (χ4n) is 3.07. The van der Waals surface area contributed by atoms with Gasteiger partial charge in [-0.1, -0.05) is 35.3 Å². The van der Waals surface area contributed by atoms with Gasteiger partial charge in [0, 0.05) is 5.02 Å². The number of hydrogen-bond donors (Lipinski definition) is 1. The predicted molar refractivity (Wildman–Crippen MR) is 98.8 cm³/mol. The third kappa shape index (κ3) is 2.76. The van der Waals surface area contributed by atoms with E-state index in [1.165, 1.54) is 17.9 Å². The van der Waals surface area contributed by atoms with Crippen LogP contribution in [0.15, 0.2) is 23.4 Å². The number of carbonyl (C=O) groups excluding carboxylic acids is 1. The third-order valence-corrected chi connectivity index (χ3v) is 4.87. The fraction of sp³-hybridized carbons (Fsp3) is 0.353. The lowest BCUT2D eigenvalue weighted by atomic mass is 9.94. The third-order valence-electron chi connectivity index (χ3n) is 4.33. The summed E-state index contributed by atoms with van der Waals surface area (Å²) in [4.78, 5) is 34.1. The van der Waals surface area contributed by atoms with E-state index in [0.29, 0.717) is 23.0 Å². The molecule has 1 amide bonds. The summed E-state index contributed by atoms with van der Waals surface area (Å²) < 4.78 is 0. The molecular formula is C17H16Cl2N4O3. The lowest BCUT2D eigenvalue weighted by Gasteiger charge is -2.20. The van der Waals surface area contributed by atoms with E-state index in [-0.39, 0.29) is 22.1 Å². The van der Waals surface area contributed by atoms with Gasteiger partial charge in [-0.05, 0) is 38.5 Å². The Balaban J connectivity index is 2.32. The molecule has 2 heterocycles. The van der Waals surface area contributed by atoms with Crippen LogP contribution >= 0.6 is 23.2 Å². The van der Waals surface area contributed by atoms with Crippen molar-refractivity contribution in [2.45, 2.75) is 38.8 Å². The highest BCUT2D eigenvalue weighted by Gasteiger charge is 2.51. The SMILES string of the molecule is CCC(N=O)c1nc(C)nc2c1C(C)(O)C(=O)N2c1ccc(Cl)cc1Cl. The van der Waals surface area contributed by atoms with E-state index in [1.54, 1.807) is 26.0 Å². The summed E-state index contributed by atoms with van der Waals surface area (Å²) in [6.45, 7) is 4.76. The summed E-state index contributed by atoms with van der Waals surface area (Å²) in [6.07, 6.45) is 0.373. The number of amides is 1. The molecule has 1 aromatic carbocycles. The number of halogens is 2. The molecule has 1 aliphatic rings. The Hall–Kier alpha value is -2.09. The molecule has 0 aliphatic carbocycles. The molecule has 2 unspecified atom stereocenters. The molecule has 1 N–H and O–H groups in total. The Morgan fingerprint density at radius 1 is 1.35 bits per heavy atom. The van der Waals surface area contributed by atoms with Crippen LogP contribution in [0.25, 0.3) is 0 Å². The van der Waals surface area contributed by atoms with Gasteiger partial charge in [0.1, 0.15) is 11.9 Å². The molecule has 9 heteroatoms. The number of anilines is 2. The minimum atomic E-state index is -1.92. The first-order valence-corrected chi connectivity index (χ1v) is 8.71. The number of hydrogen-bond acceptors (Lipinski definition) is 6. The maximum absolute atomic E-state index is 13.0. The van der Waals surface area contributed by atoms with E-state index >= 15 is 0 Å². The smallest absolute Gasteiger partial charge is 0.269 e. The zero-order valence-electron chi connectivity index (χ0n) is 14.3. The molecule has 3 rings (SSSR count).